The van der Waals surface area contributed by atoms with E-state index in [4.69, 9.17) is 4.74 Å². The molecule has 128 valence electrons. The number of carbonyl (C=O) groups is 1. The number of hydrogen-bond donors (Lipinski definition) is 1. The van der Waals surface area contributed by atoms with E-state index >= 15 is 0 Å². The van der Waals surface area contributed by atoms with Gasteiger partial charge >= 0.3 is 0 Å². The highest BCUT2D eigenvalue weighted by molar-refractivity contribution is 7.99. The molecule has 0 radical (unpaired) electrons. The Balaban J connectivity index is 1.75. The average molecular weight is 347 g/mol. The van der Waals surface area contributed by atoms with Gasteiger partial charge in [0, 0.05) is 5.75 Å². The predicted octanol–water partition coefficient (Wildman–Crippen LogP) is 4.34. The molecule has 0 aromatic heterocycles. The molecular weight excluding hydrogens is 325 g/mol. The molecule has 24 heavy (non-hydrogen) atoms. The van der Waals surface area contributed by atoms with Crippen molar-refractivity contribution in [1.82, 2.24) is 5.32 Å². The summed E-state index contributed by atoms with van der Waals surface area (Å²) in [6.45, 7) is 4.54. The van der Waals surface area contributed by atoms with Crippen LogP contribution in [-0.4, -0.2) is 18.3 Å². The lowest BCUT2D eigenvalue weighted by atomic mass is 10.1. The molecule has 0 spiro atoms. The van der Waals surface area contributed by atoms with Crippen molar-refractivity contribution >= 4 is 17.7 Å². The van der Waals surface area contributed by atoms with E-state index in [0.29, 0.717) is 18.1 Å². The molecule has 1 atom stereocenters. The van der Waals surface area contributed by atoms with Gasteiger partial charge in [-0.25, -0.2) is 4.39 Å². The van der Waals surface area contributed by atoms with E-state index in [0.717, 1.165) is 16.9 Å². The van der Waals surface area contributed by atoms with Crippen molar-refractivity contribution in [2.24, 2.45) is 0 Å². The zero-order valence-corrected chi connectivity index (χ0v) is 14.7. The van der Waals surface area contributed by atoms with E-state index in [1.165, 1.54) is 23.9 Å². The number of nitrogens with one attached hydrogen (secondary N) is 1. The second-order valence-electron chi connectivity index (χ2n) is 5.41. The van der Waals surface area contributed by atoms with E-state index in [-0.39, 0.29) is 17.8 Å². The van der Waals surface area contributed by atoms with Gasteiger partial charge in [-0.1, -0.05) is 24.3 Å². The summed E-state index contributed by atoms with van der Waals surface area (Å²) in [4.78, 5) is 12.0. The Morgan fingerprint density at radius 2 is 1.83 bits per heavy atom. The predicted molar refractivity (Wildman–Crippen MR) is 96.7 cm³/mol. The number of halogens is 1. The van der Waals surface area contributed by atoms with Crippen LogP contribution in [-0.2, 0) is 10.5 Å². The van der Waals surface area contributed by atoms with Crippen molar-refractivity contribution in [3.8, 4) is 5.75 Å². The number of hydrogen-bond acceptors (Lipinski definition) is 3. The minimum Gasteiger partial charge on any atom is -0.494 e. The van der Waals surface area contributed by atoms with Crippen LogP contribution in [0.4, 0.5) is 4.39 Å². The van der Waals surface area contributed by atoms with Gasteiger partial charge in [0.1, 0.15) is 11.6 Å². The Labute approximate surface area is 146 Å². The molecule has 0 unspecified atom stereocenters. The molecule has 0 aliphatic heterocycles. The third kappa shape index (κ3) is 5.89. The van der Waals surface area contributed by atoms with Gasteiger partial charge in [-0.2, -0.15) is 0 Å². The normalized spacial score (nSPS) is 11.8. The van der Waals surface area contributed by atoms with Crippen LogP contribution in [0.1, 0.15) is 31.0 Å². The monoisotopic (exact) mass is 347 g/mol. The second-order valence-corrected chi connectivity index (χ2v) is 6.40. The minimum atomic E-state index is -0.245. The largest absolute Gasteiger partial charge is 0.494 e. The molecule has 1 amide bonds. The molecule has 2 aromatic rings. The standard InChI is InChI=1S/C19H22FNO2S/c1-3-23-18-10-6-16(7-11-18)14(2)21-19(22)13-24-12-15-4-8-17(20)9-5-15/h4-11,14H,3,12-13H2,1-2H3,(H,21,22)/t14-/m1/s1. The number of amides is 1. The molecule has 0 bridgehead atoms. The topological polar surface area (TPSA) is 38.3 Å². The fourth-order valence-electron chi connectivity index (χ4n) is 2.23. The molecule has 5 heteroatoms. The van der Waals surface area contributed by atoms with Crippen molar-refractivity contribution < 1.29 is 13.9 Å². The first kappa shape index (κ1) is 18.3. The molecule has 0 saturated heterocycles. The van der Waals surface area contributed by atoms with Gasteiger partial charge in [0.2, 0.25) is 5.91 Å². The summed E-state index contributed by atoms with van der Waals surface area (Å²) in [6, 6.07) is 14.0. The zero-order chi connectivity index (χ0) is 17.4. The lowest BCUT2D eigenvalue weighted by molar-refractivity contribution is -0.119. The van der Waals surface area contributed by atoms with Gasteiger partial charge in [-0.3, -0.25) is 4.79 Å². The fourth-order valence-corrected chi connectivity index (χ4v) is 3.03. The summed E-state index contributed by atoms with van der Waals surface area (Å²) < 4.78 is 18.2. The van der Waals surface area contributed by atoms with Crippen molar-refractivity contribution in [3.05, 3.63) is 65.5 Å². The number of benzene rings is 2. The Morgan fingerprint density at radius 1 is 1.17 bits per heavy atom. The SMILES string of the molecule is CCOc1ccc([C@@H](C)NC(=O)CSCc2ccc(F)cc2)cc1. The minimum absolute atomic E-state index is 0.0107. The Bertz CT molecular complexity index is 643. The Hall–Kier alpha value is -2.01. The number of thioether (sulfide) groups is 1. The van der Waals surface area contributed by atoms with E-state index in [9.17, 15) is 9.18 Å². The van der Waals surface area contributed by atoms with Crippen LogP contribution >= 0.6 is 11.8 Å². The fraction of sp³-hybridized carbons (Fsp3) is 0.316. The molecule has 1 N–H and O–H groups in total. The van der Waals surface area contributed by atoms with Crippen LogP contribution in [0, 0.1) is 5.82 Å². The third-order valence-corrected chi connectivity index (χ3v) is 4.49. The van der Waals surface area contributed by atoms with Gasteiger partial charge in [0.15, 0.2) is 0 Å². The Kier molecular flexibility index (Phi) is 7.12. The van der Waals surface area contributed by atoms with E-state index in [1.54, 1.807) is 12.1 Å². The maximum atomic E-state index is 12.8. The molecule has 0 aliphatic carbocycles. The molecule has 3 nitrogen and oxygen atoms in total. The molecular formula is C19H22FNO2S. The number of carbonyl (C=O) groups excluding carboxylic acids is 1. The lowest BCUT2D eigenvalue weighted by Gasteiger charge is -2.15. The van der Waals surface area contributed by atoms with Crippen LogP contribution in [0.5, 0.6) is 5.75 Å². The van der Waals surface area contributed by atoms with Crippen molar-refractivity contribution in [2.75, 3.05) is 12.4 Å². The van der Waals surface area contributed by atoms with E-state index in [2.05, 4.69) is 5.32 Å². The summed E-state index contributed by atoms with van der Waals surface area (Å²) in [5.41, 5.74) is 2.05. The summed E-state index contributed by atoms with van der Waals surface area (Å²) >= 11 is 1.51. The summed E-state index contributed by atoms with van der Waals surface area (Å²) in [5.74, 6) is 1.63. The molecule has 0 saturated carbocycles. The highest BCUT2D eigenvalue weighted by atomic mass is 32.2. The van der Waals surface area contributed by atoms with Gasteiger partial charge < -0.3 is 10.1 Å². The highest BCUT2D eigenvalue weighted by Crippen LogP contribution is 2.18. The van der Waals surface area contributed by atoms with Crippen LogP contribution in [0.3, 0.4) is 0 Å². The van der Waals surface area contributed by atoms with E-state index in [1.807, 2.05) is 38.1 Å². The summed E-state index contributed by atoms with van der Waals surface area (Å²) in [7, 11) is 0. The first-order valence-electron chi connectivity index (χ1n) is 7.92. The maximum absolute atomic E-state index is 12.8. The summed E-state index contributed by atoms with van der Waals surface area (Å²) in [5, 5.41) is 2.98. The van der Waals surface area contributed by atoms with Gasteiger partial charge in [-0.05, 0) is 49.2 Å². The highest BCUT2D eigenvalue weighted by Gasteiger charge is 2.10. The Morgan fingerprint density at radius 3 is 2.46 bits per heavy atom. The smallest absolute Gasteiger partial charge is 0.230 e. The van der Waals surface area contributed by atoms with Crippen LogP contribution in [0.2, 0.25) is 0 Å². The van der Waals surface area contributed by atoms with Crippen molar-refractivity contribution in [1.29, 1.82) is 0 Å². The summed E-state index contributed by atoms with van der Waals surface area (Å²) in [6.07, 6.45) is 0. The lowest BCUT2D eigenvalue weighted by Crippen LogP contribution is -2.28. The van der Waals surface area contributed by atoms with Crippen molar-refractivity contribution in [3.63, 3.8) is 0 Å². The third-order valence-electron chi connectivity index (χ3n) is 3.48. The van der Waals surface area contributed by atoms with E-state index < -0.39 is 0 Å². The molecule has 2 aromatic carbocycles. The first-order chi connectivity index (χ1) is 11.6. The maximum Gasteiger partial charge on any atom is 0.230 e. The number of rotatable bonds is 8. The first-order valence-corrected chi connectivity index (χ1v) is 9.08. The van der Waals surface area contributed by atoms with Crippen LogP contribution in [0.15, 0.2) is 48.5 Å². The quantitative estimate of drug-likeness (QED) is 0.772. The van der Waals surface area contributed by atoms with Crippen LogP contribution < -0.4 is 10.1 Å². The zero-order valence-electron chi connectivity index (χ0n) is 13.9. The van der Waals surface area contributed by atoms with Crippen LogP contribution in [0.25, 0.3) is 0 Å². The van der Waals surface area contributed by atoms with Gasteiger partial charge in [-0.15, -0.1) is 11.8 Å². The van der Waals surface area contributed by atoms with Gasteiger partial charge in [0.05, 0.1) is 18.4 Å². The molecule has 2 rings (SSSR count). The molecule has 0 fully saturated rings. The van der Waals surface area contributed by atoms with Crippen molar-refractivity contribution in [2.45, 2.75) is 25.6 Å². The second kappa shape index (κ2) is 9.33. The average Bonchev–Trinajstić information content (AvgIpc) is 2.57. The molecule has 0 heterocycles. The van der Waals surface area contributed by atoms with Gasteiger partial charge in [0.25, 0.3) is 0 Å². The number of ether oxygens (including phenoxy) is 1. The molecule has 0 aliphatic rings.